The van der Waals surface area contributed by atoms with Crippen molar-refractivity contribution < 1.29 is 28.6 Å². The zero-order chi connectivity index (χ0) is 21.4. The Balaban J connectivity index is 2.50. The Morgan fingerprint density at radius 3 is 2.41 bits per heavy atom. The number of methoxy groups -OCH3 is 1. The van der Waals surface area contributed by atoms with Crippen LogP contribution in [0.1, 0.15) is 35.7 Å². The van der Waals surface area contributed by atoms with E-state index in [0.717, 1.165) is 0 Å². The van der Waals surface area contributed by atoms with E-state index in [9.17, 15) is 14.4 Å². The van der Waals surface area contributed by atoms with Gasteiger partial charge in [-0.05, 0) is 49.7 Å². The summed E-state index contributed by atoms with van der Waals surface area (Å²) in [7, 11) is 1.49. The molecule has 2 aromatic rings. The van der Waals surface area contributed by atoms with Gasteiger partial charge in [0.25, 0.3) is 0 Å². The molecular formula is C21H22ClNO6. The number of benzene rings is 2. The lowest BCUT2D eigenvalue weighted by atomic mass is 9.89. The number of anilines is 1. The molecule has 29 heavy (non-hydrogen) atoms. The topological polar surface area (TPSA) is 90.9 Å². The van der Waals surface area contributed by atoms with Crippen molar-refractivity contribution >= 4 is 35.1 Å². The van der Waals surface area contributed by atoms with Gasteiger partial charge in [-0.2, -0.15) is 0 Å². The molecule has 0 saturated heterocycles. The van der Waals surface area contributed by atoms with Crippen LogP contribution in [0.2, 0.25) is 5.02 Å². The number of halogens is 1. The van der Waals surface area contributed by atoms with E-state index in [-0.39, 0.29) is 24.5 Å². The maximum Gasteiger partial charge on any atom is 0.411 e. The van der Waals surface area contributed by atoms with Crippen molar-refractivity contribution in [3.05, 3.63) is 58.6 Å². The highest BCUT2D eigenvalue weighted by atomic mass is 35.5. The van der Waals surface area contributed by atoms with E-state index < -0.39 is 23.8 Å². The minimum Gasteiger partial charge on any atom is -0.497 e. The number of ketones is 1. The van der Waals surface area contributed by atoms with Crippen LogP contribution in [0.25, 0.3) is 0 Å². The summed E-state index contributed by atoms with van der Waals surface area (Å²) < 4.78 is 15.2. The molecule has 1 unspecified atom stereocenters. The van der Waals surface area contributed by atoms with Gasteiger partial charge in [0, 0.05) is 10.6 Å². The maximum atomic E-state index is 13.4. The third kappa shape index (κ3) is 5.71. The molecule has 8 heteroatoms. The summed E-state index contributed by atoms with van der Waals surface area (Å²) in [6.45, 7) is 3.58. The van der Waals surface area contributed by atoms with Crippen LogP contribution in [0, 0.1) is 0 Å². The summed E-state index contributed by atoms with van der Waals surface area (Å²) >= 11 is 6.02. The van der Waals surface area contributed by atoms with Crippen LogP contribution in [0.15, 0.2) is 42.5 Å². The molecule has 0 heterocycles. The van der Waals surface area contributed by atoms with Crippen molar-refractivity contribution in [3.63, 3.8) is 0 Å². The Hall–Kier alpha value is -3.06. The van der Waals surface area contributed by atoms with Gasteiger partial charge in [0.2, 0.25) is 0 Å². The van der Waals surface area contributed by atoms with Gasteiger partial charge in [-0.1, -0.05) is 23.7 Å². The summed E-state index contributed by atoms with van der Waals surface area (Å²) in [5, 5.41) is 2.80. The summed E-state index contributed by atoms with van der Waals surface area (Å²) in [5.74, 6) is -2.01. The Bertz CT molecular complexity index is 898. The lowest BCUT2D eigenvalue weighted by Crippen LogP contribution is -2.26. The highest BCUT2D eigenvalue weighted by Crippen LogP contribution is 2.30. The van der Waals surface area contributed by atoms with Crippen LogP contribution in [0.5, 0.6) is 5.75 Å². The lowest BCUT2D eigenvalue weighted by molar-refractivity contribution is -0.143. The van der Waals surface area contributed by atoms with Crippen LogP contribution in [-0.2, 0) is 14.3 Å². The number of nitrogens with one attached hydrogen (secondary N) is 1. The summed E-state index contributed by atoms with van der Waals surface area (Å²) in [6.07, 6.45) is -0.738. The van der Waals surface area contributed by atoms with Gasteiger partial charge >= 0.3 is 12.1 Å². The molecule has 1 amide bonds. The average molecular weight is 420 g/mol. The van der Waals surface area contributed by atoms with Crippen LogP contribution in [0.3, 0.4) is 0 Å². The van der Waals surface area contributed by atoms with Crippen LogP contribution in [-0.4, -0.2) is 38.2 Å². The number of ether oxygens (including phenoxy) is 3. The molecule has 0 aromatic heterocycles. The molecule has 0 bridgehead atoms. The number of rotatable bonds is 8. The molecule has 2 aromatic carbocycles. The molecule has 0 fully saturated rings. The van der Waals surface area contributed by atoms with Crippen molar-refractivity contribution in [2.24, 2.45) is 0 Å². The Kier molecular flexibility index (Phi) is 8.03. The number of hydrogen-bond acceptors (Lipinski definition) is 6. The average Bonchev–Trinajstić information content (AvgIpc) is 2.68. The zero-order valence-electron chi connectivity index (χ0n) is 16.4. The molecule has 0 spiro atoms. The standard InChI is InChI=1S/C21H22ClNO6/c1-4-28-20(25)18(13-7-6-8-15(11-13)27-3)19(24)16-10-9-14(22)12-17(16)23-21(26)29-5-2/h6-12,18H,4-5H2,1-3H3,(H,23,26). The first-order valence-corrected chi connectivity index (χ1v) is 9.37. The van der Waals surface area contributed by atoms with Crippen molar-refractivity contribution in [3.8, 4) is 5.75 Å². The van der Waals surface area contributed by atoms with Crippen LogP contribution in [0.4, 0.5) is 10.5 Å². The first-order valence-electron chi connectivity index (χ1n) is 8.99. The normalized spacial score (nSPS) is 11.3. The second-order valence-electron chi connectivity index (χ2n) is 5.86. The van der Waals surface area contributed by atoms with E-state index in [1.807, 2.05) is 0 Å². The number of amides is 1. The molecule has 2 rings (SSSR count). The summed E-state index contributed by atoms with van der Waals surface area (Å²) in [6, 6.07) is 11.0. The van der Waals surface area contributed by atoms with Gasteiger partial charge in [0.05, 0.1) is 26.0 Å². The molecular weight excluding hydrogens is 398 g/mol. The largest absolute Gasteiger partial charge is 0.497 e. The number of carbonyl (C=O) groups excluding carboxylic acids is 3. The fraction of sp³-hybridized carbons (Fsp3) is 0.286. The molecule has 0 aliphatic carbocycles. The molecule has 1 atom stereocenters. The Labute approximate surface area is 173 Å². The van der Waals surface area contributed by atoms with Crippen molar-refractivity contribution in [1.82, 2.24) is 0 Å². The van der Waals surface area contributed by atoms with E-state index in [1.165, 1.54) is 25.3 Å². The van der Waals surface area contributed by atoms with Crippen LogP contribution < -0.4 is 10.1 Å². The third-order valence-corrected chi connectivity index (χ3v) is 4.21. The summed E-state index contributed by atoms with van der Waals surface area (Å²) in [5.41, 5.74) is 0.645. The van der Waals surface area contributed by atoms with Crippen LogP contribution >= 0.6 is 11.6 Å². The van der Waals surface area contributed by atoms with E-state index in [2.05, 4.69) is 5.32 Å². The molecule has 0 saturated carbocycles. The van der Waals surface area contributed by atoms with Gasteiger partial charge in [-0.3, -0.25) is 14.9 Å². The summed E-state index contributed by atoms with van der Waals surface area (Å²) in [4.78, 5) is 37.9. The van der Waals surface area contributed by atoms with Crippen molar-refractivity contribution in [2.75, 3.05) is 25.6 Å². The number of esters is 1. The predicted molar refractivity (Wildman–Crippen MR) is 109 cm³/mol. The van der Waals surface area contributed by atoms with Gasteiger partial charge in [0.15, 0.2) is 5.78 Å². The van der Waals surface area contributed by atoms with E-state index >= 15 is 0 Å². The first kappa shape index (κ1) is 22.2. The lowest BCUT2D eigenvalue weighted by Gasteiger charge is -2.18. The maximum absolute atomic E-state index is 13.4. The first-order chi connectivity index (χ1) is 13.9. The Morgan fingerprint density at radius 2 is 1.76 bits per heavy atom. The second-order valence-corrected chi connectivity index (χ2v) is 6.30. The fourth-order valence-electron chi connectivity index (χ4n) is 2.71. The highest BCUT2D eigenvalue weighted by Gasteiger charge is 2.33. The fourth-order valence-corrected chi connectivity index (χ4v) is 2.88. The minimum absolute atomic E-state index is 0.100. The number of hydrogen-bond donors (Lipinski definition) is 1. The smallest absolute Gasteiger partial charge is 0.411 e. The van der Waals surface area contributed by atoms with E-state index in [0.29, 0.717) is 16.3 Å². The van der Waals surface area contributed by atoms with Gasteiger partial charge in [0.1, 0.15) is 11.7 Å². The number of Topliss-reactive ketones (excluding diaryl/α,β-unsaturated/α-hetero) is 1. The van der Waals surface area contributed by atoms with Gasteiger partial charge in [-0.15, -0.1) is 0 Å². The van der Waals surface area contributed by atoms with Crippen molar-refractivity contribution in [2.45, 2.75) is 19.8 Å². The molecule has 7 nitrogen and oxygen atoms in total. The quantitative estimate of drug-likeness (QED) is 0.386. The predicted octanol–water partition coefficient (Wildman–Crippen LogP) is 4.45. The van der Waals surface area contributed by atoms with E-state index in [4.69, 9.17) is 25.8 Å². The third-order valence-electron chi connectivity index (χ3n) is 3.97. The Morgan fingerprint density at radius 1 is 1.03 bits per heavy atom. The SMILES string of the molecule is CCOC(=O)Nc1cc(Cl)ccc1C(=O)C(C(=O)OCC)c1cccc(OC)c1. The molecule has 1 N–H and O–H groups in total. The van der Waals surface area contributed by atoms with Crippen molar-refractivity contribution in [1.29, 1.82) is 0 Å². The molecule has 0 aliphatic rings. The monoisotopic (exact) mass is 419 g/mol. The van der Waals surface area contributed by atoms with Gasteiger partial charge in [-0.25, -0.2) is 4.79 Å². The van der Waals surface area contributed by atoms with Gasteiger partial charge < -0.3 is 14.2 Å². The molecule has 154 valence electrons. The van der Waals surface area contributed by atoms with E-state index in [1.54, 1.807) is 38.1 Å². The zero-order valence-corrected chi connectivity index (χ0v) is 17.1. The highest BCUT2D eigenvalue weighted by molar-refractivity contribution is 6.31. The second kappa shape index (κ2) is 10.5. The minimum atomic E-state index is -1.24. The molecule has 0 radical (unpaired) electrons. The number of carbonyl (C=O) groups is 3. The molecule has 0 aliphatic heterocycles.